The predicted molar refractivity (Wildman–Crippen MR) is 82.3 cm³/mol. The first kappa shape index (κ1) is 15.4. The van der Waals surface area contributed by atoms with Gasteiger partial charge in [-0.1, -0.05) is 13.8 Å². The highest BCUT2D eigenvalue weighted by Crippen LogP contribution is 2.27. The van der Waals surface area contributed by atoms with Gasteiger partial charge in [0.05, 0.1) is 4.47 Å². The lowest BCUT2D eigenvalue weighted by Crippen LogP contribution is -2.35. The quantitative estimate of drug-likeness (QED) is 0.804. The first-order valence-electron chi connectivity index (χ1n) is 6.42. The summed E-state index contributed by atoms with van der Waals surface area (Å²) in [6, 6.07) is 2.03. The SMILES string of the molecule is Cc1ccnc(N(CCN(C)C)CC(C)C)c1Br. The standard InChI is InChI=1S/C14H24BrN3/c1-11(2)10-18(9-8-17(4)5)14-13(15)12(3)6-7-16-14/h6-7,11H,8-10H2,1-5H3. The van der Waals surface area contributed by atoms with Gasteiger partial charge < -0.3 is 9.80 Å². The number of rotatable bonds is 6. The van der Waals surface area contributed by atoms with Crippen LogP contribution in [-0.4, -0.2) is 43.6 Å². The van der Waals surface area contributed by atoms with Crippen LogP contribution in [0.5, 0.6) is 0 Å². The largest absolute Gasteiger partial charge is 0.354 e. The van der Waals surface area contributed by atoms with Crippen molar-refractivity contribution in [1.29, 1.82) is 0 Å². The third kappa shape index (κ3) is 4.58. The molecule has 0 aliphatic rings. The molecule has 4 heteroatoms. The molecule has 3 nitrogen and oxygen atoms in total. The highest BCUT2D eigenvalue weighted by molar-refractivity contribution is 9.10. The summed E-state index contributed by atoms with van der Waals surface area (Å²) in [5.41, 5.74) is 1.23. The normalized spacial score (nSPS) is 11.3. The zero-order chi connectivity index (χ0) is 13.7. The Hall–Kier alpha value is -0.610. The Labute approximate surface area is 119 Å². The monoisotopic (exact) mass is 313 g/mol. The van der Waals surface area contributed by atoms with Gasteiger partial charge in [-0.2, -0.15) is 0 Å². The molecule has 0 saturated heterocycles. The number of nitrogens with zero attached hydrogens (tertiary/aromatic N) is 3. The fourth-order valence-electron chi connectivity index (χ4n) is 1.79. The van der Waals surface area contributed by atoms with Crippen molar-refractivity contribution in [2.45, 2.75) is 20.8 Å². The van der Waals surface area contributed by atoms with Gasteiger partial charge in [0.1, 0.15) is 5.82 Å². The van der Waals surface area contributed by atoms with E-state index in [4.69, 9.17) is 0 Å². The van der Waals surface area contributed by atoms with Crippen molar-refractivity contribution in [2.24, 2.45) is 5.92 Å². The van der Waals surface area contributed by atoms with Crippen LogP contribution in [0, 0.1) is 12.8 Å². The van der Waals surface area contributed by atoms with E-state index in [1.165, 1.54) is 5.56 Å². The molecule has 0 aliphatic heterocycles. The minimum Gasteiger partial charge on any atom is -0.354 e. The van der Waals surface area contributed by atoms with Crippen LogP contribution in [0.2, 0.25) is 0 Å². The van der Waals surface area contributed by atoms with Crippen LogP contribution >= 0.6 is 15.9 Å². The van der Waals surface area contributed by atoms with E-state index in [2.05, 4.69) is 65.6 Å². The zero-order valence-corrected chi connectivity index (χ0v) is 13.7. The molecule has 0 saturated carbocycles. The summed E-state index contributed by atoms with van der Waals surface area (Å²) in [6.45, 7) is 9.66. The Morgan fingerprint density at radius 2 is 1.94 bits per heavy atom. The minimum atomic E-state index is 0.626. The van der Waals surface area contributed by atoms with Gasteiger partial charge in [0, 0.05) is 25.8 Å². The number of anilines is 1. The first-order chi connectivity index (χ1) is 8.41. The second-order valence-corrected chi connectivity index (χ2v) is 6.20. The molecule has 102 valence electrons. The number of pyridine rings is 1. The highest BCUT2D eigenvalue weighted by atomic mass is 79.9. The molecule has 0 bridgehead atoms. The molecular formula is C14H24BrN3. The Morgan fingerprint density at radius 1 is 1.28 bits per heavy atom. The second-order valence-electron chi connectivity index (χ2n) is 5.41. The molecule has 0 atom stereocenters. The number of likely N-dealkylation sites (N-methyl/N-ethyl adjacent to an activating group) is 1. The summed E-state index contributed by atoms with van der Waals surface area (Å²) in [7, 11) is 4.21. The van der Waals surface area contributed by atoms with E-state index in [1.807, 2.05) is 12.3 Å². The maximum atomic E-state index is 4.53. The molecule has 0 fully saturated rings. The highest BCUT2D eigenvalue weighted by Gasteiger charge is 2.14. The van der Waals surface area contributed by atoms with Crippen molar-refractivity contribution in [2.75, 3.05) is 38.6 Å². The lowest BCUT2D eigenvalue weighted by Gasteiger charge is -2.28. The van der Waals surface area contributed by atoms with Gasteiger partial charge in [-0.25, -0.2) is 4.98 Å². The van der Waals surface area contributed by atoms with E-state index < -0.39 is 0 Å². The van der Waals surface area contributed by atoms with E-state index in [0.717, 1.165) is 29.9 Å². The third-order valence-corrected chi connectivity index (χ3v) is 3.75. The van der Waals surface area contributed by atoms with Crippen LogP contribution in [0.4, 0.5) is 5.82 Å². The van der Waals surface area contributed by atoms with E-state index >= 15 is 0 Å². The van der Waals surface area contributed by atoms with Gasteiger partial charge in [-0.3, -0.25) is 0 Å². The summed E-state index contributed by atoms with van der Waals surface area (Å²) in [5.74, 6) is 1.69. The fourth-order valence-corrected chi connectivity index (χ4v) is 2.28. The molecule has 0 spiro atoms. The Balaban J connectivity index is 2.90. The van der Waals surface area contributed by atoms with Gasteiger partial charge in [-0.05, 0) is 54.5 Å². The molecule has 0 aliphatic carbocycles. The molecular weight excluding hydrogens is 290 g/mol. The van der Waals surface area contributed by atoms with E-state index in [1.54, 1.807) is 0 Å². The van der Waals surface area contributed by atoms with Crippen molar-refractivity contribution in [1.82, 2.24) is 9.88 Å². The molecule has 0 radical (unpaired) electrons. The maximum Gasteiger partial charge on any atom is 0.143 e. The molecule has 0 amide bonds. The second kappa shape index (κ2) is 7.10. The average Bonchev–Trinajstić information content (AvgIpc) is 2.27. The van der Waals surface area contributed by atoms with Crippen molar-refractivity contribution in [3.8, 4) is 0 Å². The molecule has 1 heterocycles. The van der Waals surface area contributed by atoms with Crippen LogP contribution in [0.1, 0.15) is 19.4 Å². The topological polar surface area (TPSA) is 19.4 Å². The minimum absolute atomic E-state index is 0.626. The molecule has 1 aromatic heterocycles. The van der Waals surface area contributed by atoms with Gasteiger partial charge in [0.25, 0.3) is 0 Å². The Morgan fingerprint density at radius 3 is 2.50 bits per heavy atom. The number of aromatic nitrogens is 1. The smallest absolute Gasteiger partial charge is 0.143 e. The number of hydrogen-bond acceptors (Lipinski definition) is 3. The Kier molecular flexibility index (Phi) is 6.09. The number of hydrogen-bond donors (Lipinski definition) is 0. The van der Waals surface area contributed by atoms with Crippen LogP contribution in [0.15, 0.2) is 16.7 Å². The molecule has 0 aromatic carbocycles. The maximum absolute atomic E-state index is 4.53. The molecule has 1 rings (SSSR count). The lowest BCUT2D eigenvalue weighted by atomic mass is 10.2. The average molecular weight is 314 g/mol. The van der Waals surface area contributed by atoms with Crippen molar-refractivity contribution in [3.63, 3.8) is 0 Å². The number of halogens is 1. The van der Waals surface area contributed by atoms with Crippen LogP contribution < -0.4 is 4.90 Å². The molecule has 0 unspecified atom stereocenters. The van der Waals surface area contributed by atoms with Gasteiger partial charge in [0.15, 0.2) is 0 Å². The molecule has 1 aromatic rings. The first-order valence-corrected chi connectivity index (χ1v) is 7.22. The van der Waals surface area contributed by atoms with Crippen LogP contribution in [-0.2, 0) is 0 Å². The third-order valence-electron chi connectivity index (χ3n) is 2.77. The number of aryl methyl sites for hydroxylation is 1. The summed E-state index contributed by atoms with van der Waals surface area (Å²) >= 11 is 3.66. The summed E-state index contributed by atoms with van der Waals surface area (Å²) < 4.78 is 1.12. The van der Waals surface area contributed by atoms with Crippen molar-refractivity contribution in [3.05, 3.63) is 22.3 Å². The Bertz CT molecular complexity index is 377. The molecule has 18 heavy (non-hydrogen) atoms. The summed E-state index contributed by atoms with van der Waals surface area (Å²) in [4.78, 5) is 9.10. The van der Waals surface area contributed by atoms with Crippen molar-refractivity contribution >= 4 is 21.7 Å². The van der Waals surface area contributed by atoms with Gasteiger partial charge in [0.2, 0.25) is 0 Å². The fraction of sp³-hybridized carbons (Fsp3) is 0.643. The summed E-state index contributed by atoms with van der Waals surface area (Å²) in [5, 5.41) is 0. The molecule has 0 N–H and O–H groups in total. The van der Waals surface area contributed by atoms with E-state index in [9.17, 15) is 0 Å². The van der Waals surface area contributed by atoms with Gasteiger partial charge >= 0.3 is 0 Å². The van der Waals surface area contributed by atoms with E-state index in [-0.39, 0.29) is 0 Å². The lowest BCUT2D eigenvalue weighted by molar-refractivity contribution is 0.408. The summed E-state index contributed by atoms with van der Waals surface area (Å²) in [6.07, 6.45) is 1.89. The van der Waals surface area contributed by atoms with E-state index in [0.29, 0.717) is 5.92 Å². The zero-order valence-electron chi connectivity index (χ0n) is 12.1. The predicted octanol–water partition coefficient (Wildman–Crippen LogP) is 3.18. The van der Waals surface area contributed by atoms with Crippen LogP contribution in [0.25, 0.3) is 0 Å². The van der Waals surface area contributed by atoms with Gasteiger partial charge in [-0.15, -0.1) is 0 Å². The van der Waals surface area contributed by atoms with Crippen molar-refractivity contribution < 1.29 is 0 Å². The van der Waals surface area contributed by atoms with Crippen LogP contribution in [0.3, 0.4) is 0 Å².